The van der Waals surface area contributed by atoms with Gasteiger partial charge in [-0.2, -0.15) is 0 Å². The molecule has 2 amide bonds. The number of aromatic nitrogens is 4. The molecule has 0 radical (unpaired) electrons. The molecule has 1 saturated heterocycles. The monoisotopic (exact) mass is 535 g/mol. The highest BCUT2D eigenvalue weighted by Crippen LogP contribution is 2.48. The number of carbonyl (C=O) groups is 2. The van der Waals surface area contributed by atoms with Crippen molar-refractivity contribution in [2.45, 2.75) is 38.1 Å². The van der Waals surface area contributed by atoms with Crippen molar-refractivity contribution >= 4 is 61.3 Å². The predicted molar refractivity (Wildman–Crippen MR) is 133 cm³/mol. The molecule has 3 atom stereocenters. The Kier molecular flexibility index (Phi) is 5.19. The number of nitrogens with two attached hydrogens (primary N) is 1. The molecule has 3 aromatic heterocycles. The van der Waals surface area contributed by atoms with Crippen LogP contribution in [0.2, 0.25) is 0 Å². The van der Waals surface area contributed by atoms with E-state index in [4.69, 9.17) is 5.73 Å². The summed E-state index contributed by atoms with van der Waals surface area (Å²) in [7, 11) is 0. The lowest BCUT2D eigenvalue weighted by molar-refractivity contribution is -0.138. The van der Waals surface area contributed by atoms with Crippen molar-refractivity contribution in [3.8, 4) is 0 Å². The SMILES string of the molecule is Nc1ncnc2c1c1cc(CO)ccc1n2CC(=O)N1C(C(=O)Nc2cccc(Br)n2)C[C@H]2C[C@@H]21. The summed E-state index contributed by atoms with van der Waals surface area (Å²) in [5.74, 6) is 0.695. The fourth-order valence-corrected chi connectivity index (χ4v) is 5.54. The van der Waals surface area contributed by atoms with Crippen LogP contribution in [0.3, 0.4) is 0 Å². The van der Waals surface area contributed by atoms with Crippen molar-refractivity contribution in [3.63, 3.8) is 0 Å². The molecule has 0 spiro atoms. The van der Waals surface area contributed by atoms with Crippen LogP contribution >= 0.6 is 15.9 Å². The van der Waals surface area contributed by atoms with E-state index in [9.17, 15) is 14.7 Å². The second-order valence-corrected chi connectivity index (χ2v) is 9.82. The number of anilines is 2. The molecule has 1 unspecified atom stereocenters. The Bertz CT molecular complexity index is 1500. The molecule has 1 aromatic carbocycles. The summed E-state index contributed by atoms with van der Waals surface area (Å²) in [6.45, 7) is -0.104. The first-order chi connectivity index (χ1) is 16.9. The van der Waals surface area contributed by atoms with E-state index >= 15 is 0 Å². The van der Waals surface area contributed by atoms with Crippen molar-refractivity contribution in [1.82, 2.24) is 24.4 Å². The van der Waals surface area contributed by atoms with Gasteiger partial charge in [-0.05, 0) is 64.5 Å². The van der Waals surface area contributed by atoms with Crippen molar-refractivity contribution in [1.29, 1.82) is 0 Å². The average molecular weight is 536 g/mol. The van der Waals surface area contributed by atoms with E-state index in [0.717, 1.165) is 22.9 Å². The molecular weight excluding hydrogens is 514 g/mol. The number of nitrogens with one attached hydrogen (secondary N) is 1. The maximum atomic E-state index is 13.7. The highest BCUT2D eigenvalue weighted by Gasteiger charge is 2.56. The van der Waals surface area contributed by atoms with E-state index in [1.165, 1.54) is 6.33 Å². The number of likely N-dealkylation sites (tertiary alicyclic amines) is 1. The van der Waals surface area contributed by atoms with E-state index in [1.54, 1.807) is 29.2 Å². The minimum Gasteiger partial charge on any atom is -0.392 e. The number of carbonyl (C=O) groups excluding carboxylic acids is 2. The number of fused-ring (bicyclic) bond motifs is 4. The van der Waals surface area contributed by atoms with Crippen LogP contribution < -0.4 is 11.1 Å². The molecule has 0 bridgehead atoms. The second-order valence-electron chi connectivity index (χ2n) is 9.00. The van der Waals surface area contributed by atoms with Crippen LogP contribution in [0.1, 0.15) is 18.4 Å². The van der Waals surface area contributed by atoms with Gasteiger partial charge in [0, 0.05) is 11.4 Å². The van der Waals surface area contributed by atoms with Crippen molar-refractivity contribution in [2.75, 3.05) is 11.1 Å². The van der Waals surface area contributed by atoms with Gasteiger partial charge in [0.25, 0.3) is 0 Å². The Morgan fingerprint density at radius 2 is 2.06 bits per heavy atom. The molecule has 2 fully saturated rings. The number of hydrogen-bond donors (Lipinski definition) is 3. The third-order valence-electron chi connectivity index (χ3n) is 6.87. The van der Waals surface area contributed by atoms with E-state index in [2.05, 4.69) is 36.2 Å². The zero-order chi connectivity index (χ0) is 24.3. The van der Waals surface area contributed by atoms with Gasteiger partial charge in [0.1, 0.15) is 40.8 Å². The topological polar surface area (TPSA) is 139 Å². The van der Waals surface area contributed by atoms with Gasteiger partial charge in [-0.1, -0.05) is 12.1 Å². The second kappa shape index (κ2) is 8.28. The van der Waals surface area contributed by atoms with E-state index in [-0.39, 0.29) is 31.0 Å². The highest BCUT2D eigenvalue weighted by atomic mass is 79.9. The molecule has 10 nitrogen and oxygen atoms in total. The number of piperidine rings is 1. The van der Waals surface area contributed by atoms with Crippen LogP contribution in [0, 0.1) is 5.92 Å². The first kappa shape index (κ1) is 21.9. The number of rotatable bonds is 5. The summed E-state index contributed by atoms with van der Waals surface area (Å²) in [6, 6.07) is 10.3. The zero-order valence-electron chi connectivity index (χ0n) is 18.6. The molecular formula is C24H22BrN7O3. The Morgan fingerprint density at radius 1 is 1.20 bits per heavy atom. The highest BCUT2D eigenvalue weighted by molar-refractivity contribution is 9.10. The molecule has 4 N–H and O–H groups in total. The van der Waals surface area contributed by atoms with Gasteiger partial charge in [-0.3, -0.25) is 9.59 Å². The van der Waals surface area contributed by atoms with Gasteiger partial charge in [-0.15, -0.1) is 0 Å². The van der Waals surface area contributed by atoms with Gasteiger partial charge in [-0.25, -0.2) is 15.0 Å². The van der Waals surface area contributed by atoms with Crippen LogP contribution in [-0.2, 0) is 22.7 Å². The maximum absolute atomic E-state index is 13.7. The molecule has 1 aliphatic carbocycles. The number of amides is 2. The normalized spacial score (nSPS) is 20.9. The zero-order valence-corrected chi connectivity index (χ0v) is 20.1. The summed E-state index contributed by atoms with van der Waals surface area (Å²) in [5, 5.41) is 13.9. The minimum absolute atomic E-state index is 0.0110. The molecule has 1 aliphatic heterocycles. The van der Waals surface area contributed by atoms with Crippen LogP contribution in [-0.4, -0.2) is 53.4 Å². The quantitative estimate of drug-likeness (QED) is 0.333. The standard InChI is InChI=1S/C24H22BrN7O3/c25-18-2-1-3-19(29-18)30-24(35)17-8-13-7-16(13)32(17)20(34)9-31-15-5-4-12(10-33)6-14(15)21-22(26)27-11-28-23(21)31/h1-6,11,13,16-17,33H,7-10H2,(H2,26,27,28)(H,29,30,35)/t13-,16+,17?/m1/s1. The first-order valence-corrected chi connectivity index (χ1v) is 12.1. The van der Waals surface area contributed by atoms with Gasteiger partial charge in [0.15, 0.2) is 0 Å². The van der Waals surface area contributed by atoms with E-state index < -0.39 is 6.04 Å². The number of hydrogen-bond acceptors (Lipinski definition) is 7. The Morgan fingerprint density at radius 3 is 2.86 bits per heavy atom. The van der Waals surface area contributed by atoms with Crippen LogP contribution in [0.5, 0.6) is 0 Å². The number of halogens is 1. The van der Waals surface area contributed by atoms with Crippen molar-refractivity contribution in [2.24, 2.45) is 5.92 Å². The van der Waals surface area contributed by atoms with Crippen LogP contribution in [0.15, 0.2) is 47.3 Å². The number of benzene rings is 1. The van der Waals surface area contributed by atoms with Gasteiger partial charge in [0.05, 0.1) is 17.5 Å². The lowest BCUT2D eigenvalue weighted by Crippen LogP contribution is -2.46. The fraction of sp³-hybridized carbons (Fsp3) is 0.292. The van der Waals surface area contributed by atoms with Gasteiger partial charge >= 0.3 is 0 Å². The Hall–Kier alpha value is -3.57. The van der Waals surface area contributed by atoms with Gasteiger partial charge in [0.2, 0.25) is 11.8 Å². The van der Waals surface area contributed by atoms with E-state index in [0.29, 0.717) is 39.6 Å². The van der Waals surface area contributed by atoms with Gasteiger partial charge < -0.3 is 25.6 Å². The molecule has 1 saturated carbocycles. The van der Waals surface area contributed by atoms with Crippen LogP contribution in [0.4, 0.5) is 11.6 Å². The number of pyridine rings is 1. The summed E-state index contributed by atoms with van der Waals surface area (Å²) >= 11 is 3.31. The third-order valence-corrected chi connectivity index (χ3v) is 7.31. The number of nitrogen functional groups attached to an aromatic ring is 1. The van der Waals surface area contributed by atoms with E-state index in [1.807, 2.05) is 16.7 Å². The molecule has 4 aromatic rings. The number of aliphatic hydroxyl groups excluding tert-OH is 1. The largest absolute Gasteiger partial charge is 0.392 e. The molecule has 4 heterocycles. The molecule has 11 heteroatoms. The molecule has 35 heavy (non-hydrogen) atoms. The molecule has 2 aliphatic rings. The van der Waals surface area contributed by atoms with Crippen molar-refractivity contribution < 1.29 is 14.7 Å². The molecule has 178 valence electrons. The summed E-state index contributed by atoms with van der Waals surface area (Å²) in [6.07, 6.45) is 2.92. The predicted octanol–water partition coefficient (Wildman–Crippen LogP) is 2.44. The summed E-state index contributed by atoms with van der Waals surface area (Å²) in [5.41, 5.74) is 8.21. The van der Waals surface area contributed by atoms with Crippen molar-refractivity contribution in [3.05, 3.63) is 52.9 Å². The first-order valence-electron chi connectivity index (χ1n) is 11.3. The maximum Gasteiger partial charge on any atom is 0.248 e. The number of aliphatic hydroxyl groups is 1. The lowest BCUT2D eigenvalue weighted by Gasteiger charge is -2.27. The average Bonchev–Trinajstić information content (AvgIpc) is 3.39. The smallest absolute Gasteiger partial charge is 0.248 e. The molecule has 6 rings (SSSR count). The lowest BCUT2D eigenvalue weighted by atomic mass is 10.1. The Balaban J connectivity index is 1.33. The Labute approximate surface area is 208 Å². The summed E-state index contributed by atoms with van der Waals surface area (Å²) in [4.78, 5) is 41.3. The van der Waals surface area contributed by atoms with Crippen LogP contribution in [0.25, 0.3) is 21.9 Å². The fourth-order valence-electron chi connectivity index (χ4n) is 5.20. The minimum atomic E-state index is -0.555. The third kappa shape index (κ3) is 3.71. The summed E-state index contributed by atoms with van der Waals surface area (Å²) < 4.78 is 2.43. The number of nitrogens with zero attached hydrogens (tertiary/aromatic N) is 5.